The maximum atomic E-state index is 12.2. The average Bonchev–Trinajstić information content (AvgIpc) is 2.38. The smallest absolute Gasteiger partial charge is 0.257 e. The summed E-state index contributed by atoms with van der Waals surface area (Å²) < 4.78 is 0. The van der Waals surface area contributed by atoms with Gasteiger partial charge in [-0.2, -0.15) is 0 Å². The van der Waals surface area contributed by atoms with Crippen LogP contribution in [0.4, 0.5) is 5.69 Å². The molecule has 5 heteroatoms. The van der Waals surface area contributed by atoms with Gasteiger partial charge >= 0.3 is 0 Å². The molecular formula is C15H11Cl2NO2. The number of halogens is 2. The summed E-state index contributed by atoms with van der Waals surface area (Å²) in [6.07, 6.45) is 0. The van der Waals surface area contributed by atoms with Crippen molar-refractivity contribution < 1.29 is 9.59 Å². The van der Waals surface area contributed by atoms with Gasteiger partial charge in [0.25, 0.3) is 5.91 Å². The van der Waals surface area contributed by atoms with Crippen molar-refractivity contribution in [1.82, 2.24) is 0 Å². The highest BCUT2D eigenvalue weighted by atomic mass is 35.5. The van der Waals surface area contributed by atoms with E-state index >= 15 is 0 Å². The van der Waals surface area contributed by atoms with E-state index in [1.54, 1.807) is 30.3 Å². The Bertz CT molecular complexity index is 683. The molecule has 1 amide bonds. The third-order valence-electron chi connectivity index (χ3n) is 2.73. The van der Waals surface area contributed by atoms with Gasteiger partial charge in [0.15, 0.2) is 5.78 Å². The quantitative estimate of drug-likeness (QED) is 0.852. The number of hydrogen-bond donors (Lipinski definition) is 1. The largest absolute Gasteiger partial charge is 0.321 e. The SMILES string of the molecule is CC(=O)c1ccccc1NC(=O)c1ccc(Cl)cc1Cl. The third kappa shape index (κ3) is 3.18. The van der Waals surface area contributed by atoms with Gasteiger partial charge in [0.2, 0.25) is 0 Å². The van der Waals surface area contributed by atoms with Crippen molar-refractivity contribution >= 4 is 40.6 Å². The lowest BCUT2D eigenvalue weighted by molar-refractivity contribution is 0.101. The number of para-hydroxylation sites is 1. The van der Waals surface area contributed by atoms with E-state index in [1.807, 2.05) is 0 Å². The molecule has 0 unspecified atom stereocenters. The van der Waals surface area contributed by atoms with Crippen LogP contribution in [-0.2, 0) is 0 Å². The summed E-state index contributed by atoms with van der Waals surface area (Å²) in [4.78, 5) is 23.7. The molecule has 0 aliphatic carbocycles. The molecule has 0 saturated heterocycles. The van der Waals surface area contributed by atoms with Gasteiger partial charge in [-0.25, -0.2) is 0 Å². The Morgan fingerprint density at radius 3 is 2.35 bits per heavy atom. The first-order valence-electron chi connectivity index (χ1n) is 5.85. The van der Waals surface area contributed by atoms with Crippen molar-refractivity contribution in [3.63, 3.8) is 0 Å². The van der Waals surface area contributed by atoms with Crippen LogP contribution >= 0.6 is 23.2 Å². The summed E-state index contributed by atoms with van der Waals surface area (Å²) in [5, 5.41) is 3.40. The molecule has 3 nitrogen and oxygen atoms in total. The van der Waals surface area contributed by atoms with E-state index in [4.69, 9.17) is 23.2 Å². The number of benzene rings is 2. The second-order valence-electron chi connectivity index (χ2n) is 4.18. The van der Waals surface area contributed by atoms with Crippen LogP contribution in [0.15, 0.2) is 42.5 Å². The fraction of sp³-hybridized carbons (Fsp3) is 0.0667. The lowest BCUT2D eigenvalue weighted by atomic mass is 10.1. The topological polar surface area (TPSA) is 46.2 Å². The molecule has 2 rings (SSSR count). The molecule has 0 aromatic heterocycles. The van der Waals surface area contributed by atoms with Crippen molar-refractivity contribution in [3.8, 4) is 0 Å². The first-order valence-corrected chi connectivity index (χ1v) is 6.61. The van der Waals surface area contributed by atoms with Crippen LogP contribution in [0.1, 0.15) is 27.6 Å². The highest BCUT2D eigenvalue weighted by molar-refractivity contribution is 6.37. The van der Waals surface area contributed by atoms with Crippen molar-refractivity contribution in [2.24, 2.45) is 0 Å². The molecule has 2 aromatic carbocycles. The highest BCUT2D eigenvalue weighted by Crippen LogP contribution is 2.23. The molecule has 0 saturated carbocycles. The number of ketones is 1. The molecule has 0 aliphatic rings. The van der Waals surface area contributed by atoms with Gasteiger partial charge in [-0.1, -0.05) is 35.3 Å². The van der Waals surface area contributed by atoms with Crippen LogP contribution in [-0.4, -0.2) is 11.7 Å². The number of carbonyl (C=O) groups is 2. The Labute approximate surface area is 126 Å². The number of rotatable bonds is 3. The number of carbonyl (C=O) groups excluding carboxylic acids is 2. The zero-order valence-corrected chi connectivity index (χ0v) is 12.1. The average molecular weight is 308 g/mol. The van der Waals surface area contributed by atoms with Gasteiger partial charge < -0.3 is 5.32 Å². The van der Waals surface area contributed by atoms with Crippen LogP contribution in [0.25, 0.3) is 0 Å². The van der Waals surface area contributed by atoms with E-state index in [2.05, 4.69) is 5.32 Å². The molecule has 0 heterocycles. The molecule has 0 spiro atoms. The van der Waals surface area contributed by atoms with Crippen LogP contribution in [0.3, 0.4) is 0 Å². The van der Waals surface area contributed by atoms with Gasteiger partial charge in [0, 0.05) is 10.6 Å². The van der Waals surface area contributed by atoms with Gasteiger partial charge in [-0.15, -0.1) is 0 Å². The zero-order valence-electron chi connectivity index (χ0n) is 10.6. The number of Topliss-reactive ketones (excluding diaryl/α,β-unsaturated/α-hetero) is 1. The Kier molecular flexibility index (Phi) is 4.42. The minimum atomic E-state index is -0.389. The molecule has 0 fully saturated rings. The Morgan fingerprint density at radius 2 is 1.70 bits per heavy atom. The van der Waals surface area contributed by atoms with Crippen molar-refractivity contribution in [2.45, 2.75) is 6.92 Å². The van der Waals surface area contributed by atoms with Crippen LogP contribution in [0.2, 0.25) is 10.0 Å². The molecule has 20 heavy (non-hydrogen) atoms. The first-order chi connectivity index (χ1) is 9.49. The summed E-state index contributed by atoms with van der Waals surface area (Å²) in [6.45, 7) is 1.44. The van der Waals surface area contributed by atoms with E-state index in [-0.39, 0.29) is 16.7 Å². The second-order valence-corrected chi connectivity index (χ2v) is 5.02. The molecule has 1 N–H and O–H groups in total. The molecule has 0 bridgehead atoms. The molecule has 0 atom stereocenters. The van der Waals surface area contributed by atoms with Crippen molar-refractivity contribution in [3.05, 3.63) is 63.6 Å². The lowest BCUT2D eigenvalue weighted by Crippen LogP contribution is -2.14. The maximum absolute atomic E-state index is 12.2. The molecule has 0 radical (unpaired) electrons. The first kappa shape index (κ1) is 14.6. The highest BCUT2D eigenvalue weighted by Gasteiger charge is 2.14. The van der Waals surface area contributed by atoms with E-state index in [0.29, 0.717) is 21.8 Å². The summed E-state index contributed by atoms with van der Waals surface area (Å²) in [7, 11) is 0. The fourth-order valence-electron chi connectivity index (χ4n) is 1.76. The minimum Gasteiger partial charge on any atom is -0.321 e. The lowest BCUT2D eigenvalue weighted by Gasteiger charge is -2.10. The number of nitrogens with one attached hydrogen (secondary N) is 1. The fourth-order valence-corrected chi connectivity index (χ4v) is 2.26. The molecule has 102 valence electrons. The van der Waals surface area contributed by atoms with Crippen LogP contribution < -0.4 is 5.32 Å². The summed E-state index contributed by atoms with van der Waals surface area (Å²) in [6, 6.07) is 11.4. The number of amides is 1. The van der Waals surface area contributed by atoms with E-state index in [9.17, 15) is 9.59 Å². The summed E-state index contributed by atoms with van der Waals surface area (Å²) >= 11 is 11.8. The van der Waals surface area contributed by atoms with Crippen LogP contribution in [0.5, 0.6) is 0 Å². The predicted molar refractivity (Wildman–Crippen MR) is 80.9 cm³/mol. The second kappa shape index (κ2) is 6.07. The summed E-state index contributed by atoms with van der Waals surface area (Å²) in [5.41, 5.74) is 1.20. The monoisotopic (exact) mass is 307 g/mol. The third-order valence-corrected chi connectivity index (χ3v) is 3.28. The Hall–Kier alpha value is -1.84. The van der Waals surface area contributed by atoms with Crippen molar-refractivity contribution in [1.29, 1.82) is 0 Å². The van der Waals surface area contributed by atoms with Crippen LogP contribution in [0, 0.1) is 0 Å². The van der Waals surface area contributed by atoms with Gasteiger partial charge in [0.05, 0.1) is 16.3 Å². The minimum absolute atomic E-state index is 0.122. The molecular weight excluding hydrogens is 297 g/mol. The Balaban J connectivity index is 2.30. The molecule has 0 aliphatic heterocycles. The van der Waals surface area contributed by atoms with E-state index in [0.717, 1.165) is 0 Å². The van der Waals surface area contributed by atoms with Gasteiger partial charge in [0.1, 0.15) is 0 Å². The standard InChI is InChI=1S/C15H11Cl2NO2/c1-9(19)11-4-2-3-5-14(11)18-15(20)12-7-6-10(16)8-13(12)17/h2-8H,1H3,(H,18,20). The maximum Gasteiger partial charge on any atom is 0.257 e. The van der Waals surface area contributed by atoms with Crippen molar-refractivity contribution in [2.75, 3.05) is 5.32 Å². The van der Waals surface area contributed by atoms with E-state index in [1.165, 1.54) is 19.1 Å². The predicted octanol–water partition coefficient (Wildman–Crippen LogP) is 4.45. The van der Waals surface area contributed by atoms with Gasteiger partial charge in [-0.3, -0.25) is 9.59 Å². The summed E-state index contributed by atoms with van der Waals surface area (Å²) in [5.74, 6) is -0.511. The van der Waals surface area contributed by atoms with E-state index < -0.39 is 0 Å². The zero-order chi connectivity index (χ0) is 14.7. The number of hydrogen-bond acceptors (Lipinski definition) is 2. The Morgan fingerprint density at radius 1 is 1.00 bits per heavy atom. The molecule has 2 aromatic rings. The van der Waals surface area contributed by atoms with Gasteiger partial charge in [-0.05, 0) is 37.3 Å². The normalized spacial score (nSPS) is 10.2. The number of anilines is 1.